The lowest BCUT2D eigenvalue weighted by Gasteiger charge is -2.46. The molecule has 6 N–H and O–H groups in total. The minimum Gasteiger partial charge on any atom is -0.461 e. The second kappa shape index (κ2) is 12.5. The van der Waals surface area contributed by atoms with Crippen LogP contribution < -0.4 is 11.1 Å². The number of alkyl halides is 2. The highest BCUT2D eigenvalue weighted by Gasteiger charge is 2.62. The van der Waals surface area contributed by atoms with E-state index in [0.717, 1.165) is 39.0 Å². The van der Waals surface area contributed by atoms with Gasteiger partial charge >= 0.3 is 11.8 Å². The second-order valence-electron chi connectivity index (χ2n) is 7.58. The molecule has 0 aromatic rings. The molecule has 1 aliphatic heterocycles. The summed E-state index contributed by atoms with van der Waals surface area (Å²) in [6.07, 6.45) is -2.98. The summed E-state index contributed by atoms with van der Waals surface area (Å²) < 4.78 is 39.7. The van der Waals surface area contributed by atoms with Gasteiger partial charge < -0.3 is 35.8 Å². The molecular formula is C19H34F2N2O7. The molecule has 1 aliphatic rings. The van der Waals surface area contributed by atoms with Crippen molar-refractivity contribution in [2.45, 2.75) is 94.8 Å². The zero-order valence-electron chi connectivity index (χ0n) is 17.4. The summed E-state index contributed by atoms with van der Waals surface area (Å²) >= 11 is 0. The number of carbonyl (C=O) groups excluding carboxylic acids is 2. The van der Waals surface area contributed by atoms with E-state index >= 15 is 4.39 Å². The molecule has 11 heteroatoms. The van der Waals surface area contributed by atoms with E-state index in [2.05, 4.69) is 12.2 Å². The van der Waals surface area contributed by atoms with Crippen molar-refractivity contribution in [1.29, 1.82) is 0 Å². The number of nitrogens with one attached hydrogen (secondary N) is 1. The number of unbranched alkanes of at least 4 members (excludes halogenated alkanes) is 5. The number of aliphatic hydroxyl groups excluding tert-OH is 3. The minimum absolute atomic E-state index is 0.149. The van der Waals surface area contributed by atoms with Crippen LogP contribution in [0.1, 0.15) is 52.4 Å². The highest BCUT2D eigenvalue weighted by Crippen LogP contribution is 2.35. The maximum atomic E-state index is 15.3. The Kier molecular flexibility index (Phi) is 11.1. The van der Waals surface area contributed by atoms with E-state index in [0.29, 0.717) is 6.42 Å². The number of rotatable bonds is 12. The molecule has 1 heterocycles. The Balaban J connectivity index is 2.86. The molecule has 176 valence electrons. The number of carbonyl (C=O) groups is 2. The standard InChI is InChI=1S/C19H34F2N2O7/c1-3-4-5-6-7-8-9-29-18(28)19(21)17(20)13(22)14(23-11(2)25)16(30-19)15(27)12(26)10-24/h12-17,24,26-27H,3-10,22H2,1-2H3,(H,23,25)/t12-,13?,14-,15-,16?,17+,19-/m1/s1. The van der Waals surface area contributed by atoms with Crippen LogP contribution in [0.25, 0.3) is 0 Å². The maximum absolute atomic E-state index is 15.3. The Morgan fingerprint density at radius 3 is 2.40 bits per heavy atom. The minimum atomic E-state index is -3.64. The topological polar surface area (TPSA) is 151 Å². The van der Waals surface area contributed by atoms with Gasteiger partial charge in [0.1, 0.15) is 18.3 Å². The third kappa shape index (κ3) is 6.81. The Labute approximate surface area is 174 Å². The molecule has 0 saturated carbocycles. The molecule has 0 spiro atoms. The number of hydrogen-bond donors (Lipinski definition) is 5. The molecule has 0 radical (unpaired) electrons. The van der Waals surface area contributed by atoms with Crippen LogP contribution in [0.2, 0.25) is 0 Å². The lowest BCUT2D eigenvalue weighted by atomic mass is 9.86. The Morgan fingerprint density at radius 2 is 1.83 bits per heavy atom. The first kappa shape index (κ1) is 26.6. The fraction of sp³-hybridized carbons (Fsp3) is 0.895. The average Bonchev–Trinajstić information content (AvgIpc) is 2.71. The molecule has 9 nitrogen and oxygen atoms in total. The molecule has 0 aliphatic carbocycles. The van der Waals surface area contributed by atoms with Gasteiger partial charge in [0.25, 0.3) is 0 Å². The van der Waals surface area contributed by atoms with Gasteiger partial charge in [-0.05, 0) is 6.42 Å². The first-order chi connectivity index (χ1) is 14.1. The molecular weight excluding hydrogens is 406 g/mol. The third-order valence-electron chi connectivity index (χ3n) is 5.07. The van der Waals surface area contributed by atoms with Crippen LogP contribution in [0.15, 0.2) is 0 Å². The highest BCUT2D eigenvalue weighted by molar-refractivity contribution is 5.79. The normalized spacial score (nSPS) is 31.1. The predicted molar refractivity (Wildman–Crippen MR) is 103 cm³/mol. The summed E-state index contributed by atoms with van der Waals surface area (Å²) in [6.45, 7) is 2.08. The summed E-state index contributed by atoms with van der Waals surface area (Å²) in [5.41, 5.74) is 5.70. The SMILES string of the molecule is CCCCCCCCOC(=O)[C@]1(F)OC([C@H](O)[C@H](O)CO)[C@H](NC(C)=O)C(N)[C@@H]1F. The van der Waals surface area contributed by atoms with E-state index in [1.165, 1.54) is 0 Å². The van der Waals surface area contributed by atoms with Gasteiger partial charge in [-0.15, -0.1) is 0 Å². The van der Waals surface area contributed by atoms with E-state index in [1.807, 2.05) is 0 Å². The van der Waals surface area contributed by atoms with Gasteiger partial charge in [-0.25, -0.2) is 9.18 Å². The molecule has 1 fully saturated rings. The van der Waals surface area contributed by atoms with Crippen molar-refractivity contribution >= 4 is 11.9 Å². The zero-order chi connectivity index (χ0) is 22.9. The van der Waals surface area contributed by atoms with Gasteiger partial charge in [0.15, 0.2) is 6.17 Å². The maximum Gasteiger partial charge on any atom is 0.375 e. The zero-order valence-corrected chi connectivity index (χ0v) is 17.4. The van der Waals surface area contributed by atoms with Gasteiger partial charge in [-0.1, -0.05) is 39.0 Å². The van der Waals surface area contributed by atoms with Crippen LogP contribution in [0.4, 0.5) is 8.78 Å². The monoisotopic (exact) mass is 440 g/mol. The lowest BCUT2D eigenvalue weighted by molar-refractivity contribution is -0.278. The number of halogens is 2. The van der Waals surface area contributed by atoms with Crippen LogP contribution in [0.3, 0.4) is 0 Å². The van der Waals surface area contributed by atoms with Crippen LogP contribution in [0.5, 0.6) is 0 Å². The highest BCUT2D eigenvalue weighted by atomic mass is 19.2. The van der Waals surface area contributed by atoms with E-state index < -0.39 is 60.9 Å². The summed E-state index contributed by atoms with van der Waals surface area (Å²) in [4.78, 5) is 23.7. The van der Waals surface area contributed by atoms with Crippen LogP contribution in [0, 0.1) is 0 Å². The third-order valence-corrected chi connectivity index (χ3v) is 5.07. The van der Waals surface area contributed by atoms with Gasteiger partial charge in [-0.3, -0.25) is 4.79 Å². The number of esters is 1. The van der Waals surface area contributed by atoms with Crippen molar-refractivity contribution in [3.05, 3.63) is 0 Å². The van der Waals surface area contributed by atoms with E-state index in [4.69, 9.17) is 20.3 Å². The summed E-state index contributed by atoms with van der Waals surface area (Å²) in [7, 11) is 0. The predicted octanol–water partition coefficient (Wildman–Crippen LogP) is -0.161. The van der Waals surface area contributed by atoms with E-state index in [9.17, 15) is 24.2 Å². The van der Waals surface area contributed by atoms with E-state index in [-0.39, 0.29) is 6.61 Å². The molecule has 0 aromatic heterocycles. The van der Waals surface area contributed by atoms with Crippen molar-refractivity contribution in [2.75, 3.05) is 13.2 Å². The van der Waals surface area contributed by atoms with Crippen LogP contribution in [-0.4, -0.2) is 82.8 Å². The van der Waals surface area contributed by atoms with Crippen molar-refractivity contribution in [3.63, 3.8) is 0 Å². The van der Waals surface area contributed by atoms with Crippen LogP contribution in [-0.2, 0) is 19.1 Å². The fourth-order valence-electron chi connectivity index (χ4n) is 3.31. The Hall–Kier alpha value is -1.40. The van der Waals surface area contributed by atoms with Crippen LogP contribution >= 0.6 is 0 Å². The first-order valence-corrected chi connectivity index (χ1v) is 10.3. The van der Waals surface area contributed by atoms with Crippen molar-refractivity contribution in [1.82, 2.24) is 5.32 Å². The van der Waals surface area contributed by atoms with Gasteiger partial charge in [-0.2, -0.15) is 4.39 Å². The molecule has 7 atom stereocenters. The first-order valence-electron chi connectivity index (χ1n) is 10.3. The summed E-state index contributed by atoms with van der Waals surface area (Å²) in [5, 5.41) is 31.1. The molecule has 1 saturated heterocycles. The summed E-state index contributed by atoms with van der Waals surface area (Å²) in [6, 6.07) is -3.26. The van der Waals surface area contributed by atoms with Crippen molar-refractivity contribution in [3.8, 4) is 0 Å². The molecule has 0 bridgehead atoms. The fourth-order valence-corrected chi connectivity index (χ4v) is 3.31. The second-order valence-corrected chi connectivity index (χ2v) is 7.58. The Bertz CT molecular complexity index is 557. The van der Waals surface area contributed by atoms with Crippen molar-refractivity contribution in [2.24, 2.45) is 5.73 Å². The average molecular weight is 440 g/mol. The smallest absolute Gasteiger partial charge is 0.375 e. The molecule has 2 unspecified atom stereocenters. The lowest BCUT2D eigenvalue weighted by Crippen LogP contribution is -2.73. The van der Waals surface area contributed by atoms with Gasteiger partial charge in [0.2, 0.25) is 5.91 Å². The molecule has 0 aromatic carbocycles. The van der Waals surface area contributed by atoms with Crippen molar-refractivity contribution < 1.29 is 43.2 Å². The number of amides is 1. The number of nitrogens with two attached hydrogens (primary N) is 1. The number of aliphatic hydroxyl groups is 3. The molecule has 1 rings (SSSR count). The van der Waals surface area contributed by atoms with Gasteiger partial charge in [0.05, 0.1) is 25.3 Å². The molecule has 30 heavy (non-hydrogen) atoms. The number of hydrogen-bond acceptors (Lipinski definition) is 8. The summed E-state index contributed by atoms with van der Waals surface area (Å²) in [5.74, 6) is -5.97. The van der Waals surface area contributed by atoms with Gasteiger partial charge in [0, 0.05) is 6.92 Å². The quantitative estimate of drug-likeness (QED) is 0.207. The van der Waals surface area contributed by atoms with E-state index in [1.54, 1.807) is 0 Å². The number of ether oxygens (including phenoxy) is 2. The Morgan fingerprint density at radius 1 is 1.23 bits per heavy atom. The molecule has 1 amide bonds. The largest absolute Gasteiger partial charge is 0.461 e.